The van der Waals surface area contributed by atoms with E-state index in [4.69, 9.17) is 0 Å². The highest BCUT2D eigenvalue weighted by Gasteiger charge is 2.38. The average molecular weight is 351 g/mol. The van der Waals surface area contributed by atoms with Crippen molar-refractivity contribution in [2.75, 3.05) is 11.9 Å². The summed E-state index contributed by atoms with van der Waals surface area (Å²) in [7, 11) is 0. The zero-order valence-corrected chi connectivity index (χ0v) is 12.9. The second-order valence-electron chi connectivity index (χ2n) is 4.90. The van der Waals surface area contributed by atoms with E-state index in [0.29, 0.717) is 11.0 Å². The lowest BCUT2D eigenvalue weighted by Crippen LogP contribution is -2.19. The zero-order valence-electron chi connectivity index (χ0n) is 12.9. The topological polar surface area (TPSA) is 92.8 Å². The third-order valence-electron chi connectivity index (χ3n) is 3.17. The van der Waals surface area contributed by atoms with Crippen molar-refractivity contribution in [3.05, 3.63) is 41.7 Å². The number of aromatic nitrogens is 4. The van der Waals surface area contributed by atoms with E-state index in [-0.39, 0.29) is 18.5 Å². The predicted molar refractivity (Wildman–Crippen MR) is 82.4 cm³/mol. The SMILES string of the molecule is CCOC(=O)c1cnc(Nc2nc3ccccc3[nH]2)nc1C(F)(F)F. The maximum absolute atomic E-state index is 13.2. The minimum Gasteiger partial charge on any atom is -0.462 e. The fourth-order valence-electron chi connectivity index (χ4n) is 2.13. The van der Waals surface area contributed by atoms with Gasteiger partial charge in [0.05, 0.1) is 17.6 Å². The molecule has 130 valence electrons. The van der Waals surface area contributed by atoms with Crippen molar-refractivity contribution >= 4 is 28.9 Å². The molecule has 0 fully saturated rings. The molecule has 0 aliphatic carbocycles. The van der Waals surface area contributed by atoms with Crippen LogP contribution in [-0.4, -0.2) is 32.5 Å². The Balaban J connectivity index is 1.95. The van der Waals surface area contributed by atoms with Crippen LogP contribution >= 0.6 is 0 Å². The Kier molecular flexibility index (Phi) is 4.26. The lowest BCUT2D eigenvalue weighted by molar-refractivity contribution is -0.141. The molecule has 7 nitrogen and oxygen atoms in total. The summed E-state index contributed by atoms with van der Waals surface area (Å²) in [5.74, 6) is -1.30. The van der Waals surface area contributed by atoms with Gasteiger partial charge in [-0.15, -0.1) is 0 Å². The number of aromatic amines is 1. The first-order valence-electron chi connectivity index (χ1n) is 7.21. The van der Waals surface area contributed by atoms with Gasteiger partial charge in [0.25, 0.3) is 0 Å². The number of esters is 1. The summed E-state index contributed by atoms with van der Waals surface area (Å²) >= 11 is 0. The van der Waals surface area contributed by atoms with Crippen LogP contribution in [0.25, 0.3) is 11.0 Å². The summed E-state index contributed by atoms with van der Waals surface area (Å²) in [6.07, 6.45) is -4.06. The molecule has 2 aromatic heterocycles. The molecule has 2 heterocycles. The third-order valence-corrected chi connectivity index (χ3v) is 3.17. The molecule has 0 radical (unpaired) electrons. The van der Waals surface area contributed by atoms with E-state index in [9.17, 15) is 18.0 Å². The number of fused-ring (bicyclic) bond motifs is 1. The first-order chi connectivity index (χ1) is 11.9. The largest absolute Gasteiger partial charge is 0.462 e. The number of para-hydroxylation sites is 2. The molecule has 0 spiro atoms. The monoisotopic (exact) mass is 351 g/mol. The van der Waals surface area contributed by atoms with Gasteiger partial charge in [-0.25, -0.2) is 19.7 Å². The number of imidazole rings is 1. The number of alkyl halides is 3. The number of nitrogens with zero attached hydrogens (tertiary/aromatic N) is 3. The van der Waals surface area contributed by atoms with E-state index in [1.165, 1.54) is 6.92 Å². The lowest BCUT2D eigenvalue weighted by atomic mass is 10.2. The van der Waals surface area contributed by atoms with Gasteiger partial charge in [0.1, 0.15) is 5.56 Å². The molecule has 10 heteroatoms. The quantitative estimate of drug-likeness (QED) is 0.701. The maximum Gasteiger partial charge on any atom is 0.434 e. The van der Waals surface area contributed by atoms with Gasteiger partial charge >= 0.3 is 12.1 Å². The number of ether oxygens (including phenoxy) is 1. The van der Waals surface area contributed by atoms with Gasteiger partial charge < -0.3 is 9.72 Å². The molecular formula is C15H12F3N5O2. The van der Waals surface area contributed by atoms with E-state index >= 15 is 0 Å². The lowest BCUT2D eigenvalue weighted by Gasteiger charge is -2.12. The normalized spacial score (nSPS) is 11.5. The molecule has 0 unspecified atom stereocenters. The van der Waals surface area contributed by atoms with Crippen LogP contribution in [0.4, 0.5) is 25.1 Å². The number of carbonyl (C=O) groups is 1. The standard InChI is InChI=1S/C15H12F3N5O2/c1-2-25-12(24)8-7-19-13(22-11(8)15(16,17)18)23-14-20-9-5-3-4-6-10(9)21-14/h3-7H,2H2,1H3,(H2,19,20,21,22,23). The number of hydrogen-bond acceptors (Lipinski definition) is 6. The zero-order chi connectivity index (χ0) is 18.0. The molecule has 0 aliphatic heterocycles. The van der Waals surface area contributed by atoms with Crippen LogP contribution < -0.4 is 5.32 Å². The molecule has 1 aromatic carbocycles. The molecule has 0 saturated heterocycles. The van der Waals surface area contributed by atoms with E-state index < -0.39 is 23.4 Å². The summed E-state index contributed by atoms with van der Waals surface area (Å²) in [6, 6.07) is 7.07. The highest BCUT2D eigenvalue weighted by molar-refractivity contribution is 5.90. The number of benzene rings is 1. The highest BCUT2D eigenvalue weighted by atomic mass is 19.4. The van der Waals surface area contributed by atoms with Crippen LogP contribution in [0.15, 0.2) is 30.5 Å². The molecule has 2 N–H and O–H groups in total. The van der Waals surface area contributed by atoms with Gasteiger partial charge in [-0.05, 0) is 19.1 Å². The van der Waals surface area contributed by atoms with Crippen LogP contribution in [-0.2, 0) is 10.9 Å². The summed E-state index contributed by atoms with van der Waals surface area (Å²) in [6.45, 7) is 1.43. The minimum absolute atomic E-state index is 0.0604. The van der Waals surface area contributed by atoms with Crippen LogP contribution in [0, 0.1) is 0 Å². The van der Waals surface area contributed by atoms with Gasteiger partial charge in [-0.3, -0.25) is 5.32 Å². The summed E-state index contributed by atoms with van der Waals surface area (Å²) in [5, 5.41) is 2.56. The fourth-order valence-corrected chi connectivity index (χ4v) is 2.13. The van der Waals surface area contributed by atoms with Gasteiger partial charge in [0.2, 0.25) is 11.9 Å². The number of halogens is 3. The number of anilines is 2. The number of nitrogens with one attached hydrogen (secondary N) is 2. The van der Waals surface area contributed by atoms with Gasteiger partial charge in [-0.2, -0.15) is 13.2 Å². The molecule has 3 rings (SSSR count). The van der Waals surface area contributed by atoms with Crippen LogP contribution in [0.5, 0.6) is 0 Å². The van der Waals surface area contributed by atoms with Crippen molar-refractivity contribution in [1.82, 2.24) is 19.9 Å². The molecule has 0 bridgehead atoms. The second-order valence-corrected chi connectivity index (χ2v) is 4.90. The Bertz CT molecular complexity index is 890. The van der Waals surface area contributed by atoms with E-state index in [2.05, 4.69) is 30.0 Å². The predicted octanol–water partition coefficient (Wildman–Crippen LogP) is 3.29. The fraction of sp³-hybridized carbons (Fsp3) is 0.200. The Labute approximate surface area is 139 Å². The van der Waals surface area contributed by atoms with Gasteiger partial charge in [0.15, 0.2) is 5.69 Å². The first-order valence-corrected chi connectivity index (χ1v) is 7.21. The van der Waals surface area contributed by atoms with Crippen LogP contribution in [0.3, 0.4) is 0 Å². The molecule has 25 heavy (non-hydrogen) atoms. The highest BCUT2D eigenvalue weighted by Crippen LogP contribution is 2.31. The van der Waals surface area contributed by atoms with Crippen molar-refractivity contribution in [3.63, 3.8) is 0 Å². The summed E-state index contributed by atoms with van der Waals surface area (Å²) < 4.78 is 44.2. The number of H-pyrrole nitrogens is 1. The van der Waals surface area contributed by atoms with Crippen molar-refractivity contribution in [2.45, 2.75) is 13.1 Å². The Hall–Kier alpha value is -3.17. The maximum atomic E-state index is 13.2. The minimum atomic E-state index is -4.84. The van der Waals surface area contributed by atoms with Crippen molar-refractivity contribution in [2.24, 2.45) is 0 Å². The number of hydrogen-bond donors (Lipinski definition) is 2. The van der Waals surface area contributed by atoms with Crippen molar-refractivity contribution < 1.29 is 22.7 Å². The molecule has 0 aliphatic rings. The van der Waals surface area contributed by atoms with Crippen molar-refractivity contribution in [3.8, 4) is 0 Å². The van der Waals surface area contributed by atoms with Crippen molar-refractivity contribution in [1.29, 1.82) is 0 Å². The van der Waals surface area contributed by atoms with Gasteiger partial charge in [-0.1, -0.05) is 12.1 Å². The molecule has 0 amide bonds. The molecule has 0 saturated carbocycles. The average Bonchev–Trinajstić information content (AvgIpc) is 2.96. The molecule has 3 aromatic rings. The number of rotatable bonds is 4. The molecular weight excluding hydrogens is 339 g/mol. The van der Waals surface area contributed by atoms with Crippen LogP contribution in [0.2, 0.25) is 0 Å². The van der Waals surface area contributed by atoms with Crippen LogP contribution in [0.1, 0.15) is 23.0 Å². The number of carbonyl (C=O) groups excluding carboxylic acids is 1. The third kappa shape index (κ3) is 3.52. The Morgan fingerprint density at radius 1 is 1.28 bits per heavy atom. The van der Waals surface area contributed by atoms with E-state index in [0.717, 1.165) is 6.20 Å². The van der Waals surface area contributed by atoms with E-state index in [1.54, 1.807) is 24.3 Å². The second kappa shape index (κ2) is 6.38. The van der Waals surface area contributed by atoms with E-state index in [1.807, 2.05) is 0 Å². The first kappa shape index (κ1) is 16.7. The van der Waals surface area contributed by atoms with Gasteiger partial charge in [0, 0.05) is 6.20 Å². The summed E-state index contributed by atoms with van der Waals surface area (Å²) in [5.41, 5.74) is -0.794. The smallest absolute Gasteiger partial charge is 0.434 e. The Morgan fingerprint density at radius 3 is 2.72 bits per heavy atom. The molecule has 0 atom stereocenters. The summed E-state index contributed by atoms with van der Waals surface area (Å²) in [4.78, 5) is 25.9. The Morgan fingerprint density at radius 2 is 2.04 bits per heavy atom.